The molecule has 0 saturated carbocycles. The maximum Gasteiger partial charge on any atom is 0.196 e. The zero-order valence-corrected chi connectivity index (χ0v) is 15.7. The summed E-state index contributed by atoms with van der Waals surface area (Å²) in [4.78, 5) is 0. The molecule has 0 atom stereocenters. The van der Waals surface area contributed by atoms with Gasteiger partial charge in [-0.3, -0.25) is 4.57 Å². The Morgan fingerprint density at radius 3 is 2.63 bits per heavy atom. The van der Waals surface area contributed by atoms with Crippen molar-refractivity contribution in [1.29, 1.82) is 5.26 Å². The third-order valence-corrected chi connectivity index (χ3v) is 4.83. The van der Waals surface area contributed by atoms with Crippen LogP contribution in [0.1, 0.15) is 19.8 Å². The first-order valence-electron chi connectivity index (χ1n) is 8.68. The maximum atomic E-state index is 14.5. The van der Waals surface area contributed by atoms with E-state index in [1.807, 2.05) is 31.2 Å². The molecule has 138 valence electrons. The minimum Gasteiger partial charge on any atom is -0.494 e. The van der Waals surface area contributed by atoms with E-state index in [-0.39, 0.29) is 5.82 Å². The van der Waals surface area contributed by atoms with Gasteiger partial charge in [0.1, 0.15) is 11.6 Å². The van der Waals surface area contributed by atoms with Crippen molar-refractivity contribution in [3.05, 3.63) is 54.3 Å². The second kappa shape index (κ2) is 9.19. The number of unbranched alkanes of at least 4 members (excludes halogenated alkanes) is 1. The quantitative estimate of drug-likeness (QED) is 0.411. The maximum absolute atomic E-state index is 14.5. The molecule has 1 heterocycles. The van der Waals surface area contributed by atoms with Crippen molar-refractivity contribution >= 4 is 11.8 Å². The zero-order chi connectivity index (χ0) is 19.1. The first-order chi connectivity index (χ1) is 13.2. The van der Waals surface area contributed by atoms with Crippen LogP contribution in [-0.4, -0.2) is 27.1 Å². The summed E-state index contributed by atoms with van der Waals surface area (Å²) in [6.45, 7) is 2.52. The third-order valence-electron chi connectivity index (χ3n) is 3.81. The molecule has 0 aliphatic heterocycles. The summed E-state index contributed by atoms with van der Waals surface area (Å²) in [5.41, 5.74) is 1.22. The van der Waals surface area contributed by atoms with Crippen molar-refractivity contribution < 1.29 is 9.13 Å². The van der Waals surface area contributed by atoms with E-state index < -0.39 is 0 Å². The average molecular weight is 382 g/mol. The van der Waals surface area contributed by atoms with Gasteiger partial charge in [0.15, 0.2) is 11.0 Å². The minimum atomic E-state index is -0.344. The molecular weight excluding hydrogens is 363 g/mol. The SMILES string of the molecule is CCOc1ccc(-c2nnc(SCCCC#N)n2-c2ccccc2F)cc1. The van der Waals surface area contributed by atoms with Crippen LogP contribution >= 0.6 is 11.8 Å². The number of hydrogen-bond donors (Lipinski definition) is 0. The van der Waals surface area contributed by atoms with Crippen LogP contribution in [0.4, 0.5) is 4.39 Å². The Kier molecular flexibility index (Phi) is 6.44. The lowest BCUT2D eigenvalue weighted by molar-refractivity contribution is 0.340. The van der Waals surface area contributed by atoms with Crippen molar-refractivity contribution in [3.63, 3.8) is 0 Å². The van der Waals surface area contributed by atoms with Crippen LogP contribution in [0, 0.1) is 17.1 Å². The molecule has 0 saturated heterocycles. The fourth-order valence-electron chi connectivity index (χ4n) is 2.58. The topological polar surface area (TPSA) is 63.7 Å². The highest BCUT2D eigenvalue weighted by Crippen LogP contribution is 2.30. The van der Waals surface area contributed by atoms with E-state index in [4.69, 9.17) is 10.00 Å². The number of nitrogens with zero attached hydrogens (tertiary/aromatic N) is 4. The fourth-order valence-corrected chi connectivity index (χ4v) is 3.47. The molecule has 0 amide bonds. The molecule has 5 nitrogen and oxygen atoms in total. The van der Waals surface area contributed by atoms with Gasteiger partial charge >= 0.3 is 0 Å². The lowest BCUT2D eigenvalue weighted by atomic mass is 10.2. The van der Waals surface area contributed by atoms with Crippen LogP contribution in [0.5, 0.6) is 5.75 Å². The van der Waals surface area contributed by atoms with E-state index in [1.54, 1.807) is 22.8 Å². The number of nitriles is 1. The van der Waals surface area contributed by atoms with Gasteiger partial charge in [-0.25, -0.2) is 4.39 Å². The first kappa shape index (κ1) is 18.9. The summed E-state index contributed by atoms with van der Waals surface area (Å²) in [7, 11) is 0. The Morgan fingerprint density at radius 1 is 1.15 bits per heavy atom. The molecule has 0 N–H and O–H groups in total. The van der Waals surface area contributed by atoms with E-state index in [0.29, 0.717) is 35.4 Å². The van der Waals surface area contributed by atoms with Gasteiger partial charge < -0.3 is 4.74 Å². The molecule has 3 aromatic rings. The number of benzene rings is 2. The van der Waals surface area contributed by atoms with Crippen LogP contribution in [0.25, 0.3) is 17.1 Å². The Balaban J connectivity index is 1.99. The van der Waals surface area contributed by atoms with Crippen molar-refractivity contribution in [3.8, 4) is 28.9 Å². The fraction of sp³-hybridized carbons (Fsp3) is 0.250. The molecule has 0 fully saturated rings. The number of aromatic nitrogens is 3. The largest absolute Gasteiger partial charge is 0.494 e. The van der Waals surface area contributed by atoms with Gasteiger partial charge in [-0.15, -0.1) is 10.2 Å². The van der Waals surface area contributed by atoms with Crippen molar-refractivity contribution in [2.45, 2.75) is 24.9 Å². The lowest BCUT2D eigenvalue weighted by Gasteiger charge is -2.11. The number of halogens is 1. The normalized spacial score (nSPS) is 10.6. The molecule has 27 heavy (non-hydrogen) atoms. The highest BCUT2D eigenvalue weighted by Gasteiger charge is 2.18. The van der Waals surface area contributed by atoms with Gasteiger partial charge in [0.05, 0.1) is 18.4 Å². The van der Waals surface area contributed by atoms with Crippen molar-refractivity contribution in [2.24, 2.45) is 0 Å². The number of ether oxygens (including phenoxy) is 1. The Labute approximate surface area is 161 Å². The van der Waals surface area contributed by atoms with E-state index in [1.165, 1.54) is 17.8 Å². The molecule has 0 aliphatic rings. The number of rotatable bonds is 8. The van der Waals surface area contributed by atoms with Crippen LogP contribution < -0.4 is 4.74 Å². The standard InChI is InChI=1S/C20H19FN4OS/c1-2-26-16-11-9-15(10-12-16)19-23-24-20(27-14-6-5-13-22)25(19)18-8-4-3-7-17(18)21/h3-4,7-12H,2,5-6,14H2,1H3. The second-order valence-corrected chi connectivity index (χ2v) is 6.72. The van der Waals surface area contributed by atoms with E-state index >= 15 is 0 Å². The number of thioether (sulfide) groups is 1. The molecule has 0 unspecified atom stereocenters. The summed E-state index contributed by atoms with van der Waals surface area (Å²) < 4.78 is 21.7. The zero-order valence-electron chi connectivity index (χ0n) is 14.9. The van der Waals surface area contributed by atoms with Gasteiger partial charge in [-0.1, -0.05) is 23.9 Å². The average Bonchev–Trinajstić information content (AvgIpc) is 3.10. The van der Waals surface area contributed by atoms with Crippen LogP contribution in [-0.2, 0) is 0 Å². The third kappa shape index (κ3) is 4.47. The predicted octanol–water partition coefficient (Wildman–Crippen LogP) is 4.87. The van der Waals surface area contributed by atoms with E-state index in [9.17, 15) is 4.39 Å². The summed E-state index contributed by atoms with van der Waals surface area (Å²) in [6.07, 6.45) is 1.22. The molecule has 0 aliphatic carbocycles. The Bertz CT molecular complexity index is 934. The Morgan fingerprint density at radius 2 is 1.93 bits per heavy atom. The predicted molar refractivity (Wildman–Crippen MR) is 103 cm³/mol. The molecule has 0 bridgehead atoms. The molecule has 3 rings (SSSR count). The van der Waals surface area contributed by atoms with Gasteiger partial charge in [-0.2, -0.15) is 5.26 Å². The smallest absolute Gasteiger partial charge is 0.196 e. The minimum absolute atomic E-state index is 0.344. The van der Waals surface area contributed by atoms with E-state index in [2.05, 4.69) is 16.3 Å². The second-order valence-electron chi connectivity index (χ2n) is 5.66. The van der Waals surface area contributed by atoms with Crippen molar-refractivity contribution in [1.82, 2.24) is 14.8 Å². The molecule has 1 aromatic heterocycles. The van der Waals surface area contributed by atoms with Crippen molar-refractivity contribution in [2.75, 3.05) is 12.4 Å². The summed E-state index contributed by atoms with van der Waals surface area (Å²) in [5, 5.41) is 17.9. The van der Waals surface area contributed by atoms with Crippen LogP contribution in [0.15, 0.2) is 53.7 Å². The molecule has 2 aromatic carbocycles. The lowest BCUT2D eigenvalue weighted by Crippen LogP contribution is -2.02. The molecule has 7 heteroatoms. The monoisotopic (exact) mass is 382 g/mol. The van der Waals surface area contributed by atoms with Gasteiger partial charge in [-0.05, 0) is 49.7 Å². The van der Waals surface area contributed by atoms with Gasteiger partial charge in [0.25, 0.3) is 0 Å². The van der Waals surface area contributed by atoms with E-state index in [0.717, 1.165) is 17.7 Å². The van der Waals surface area contributed by atoms with Gasteiger partial charge in [0, 0.05) is 17.7 Å². The van der Waals surface area contributed by atoms with Gasteiger partial charge in [0.2, 0.25) is 0 Å². The number of para-hydroxylation sites is 1. The molecule has 0 radical (unpaired) electrons. The molecular formula is C20H19FN4OS. The first-order valence-corrected chi connectivity index (χ1v) is 9.66. The summed E-state index contributed by atoms with van der Waals surface area (Å²) in [6, 6.07) is 16.2. The summed E-state index contributed by atoms with van der Waals surface area (Å²) >= 11 is 1.46. The Hall–Kier alpha value is -2.85. The highest BCUT2D eigenvalue weighted by molar-refractivity contribution is 7.99. The molecule has 0 spiro atoms. The van der Waals surface area contributed by atoms with Crippen LogP contribution in [0.2, 0.25) is 0 Å². The summed E-state index contributed by atoms with van der Waals surface area (Å²) in [5.74, 6) is 1.70. The van der Waals surface area contributed by atoms with Crippen LogP contribution in [0.3, 0.4) is 0 Å². The number of hydrogen-bond acceptors (Lipinski definition) is 5. The highest BCUT2D eigenvalue weighted by atomic mass is 32.2.